The lowest BCUT2D eigenvalue weighted by Crippen LogP contribution is -2.37. The Bertz CT molecular complexity index is 310. The summed E-state index contributed by atoms with van der Waals surface area (Å²) in [7, 11) is 0. The van der Waals surface area contributed by atoms with E-state index in [1.807, 2.05) is 0 Å². The number of halogens is 1. The molecule has 13 heavy (non-hydrogen) atoms. The van der Waals surface area contributed by atoms with Crippen LogP contribution in [-0.4, -0.2) is 11.7 Å². The van der Waals surface area contributed by atoms with Gasteiger partial charge in [-0.15, -0.1) is 0 Å². The van der Waals surface area contributed by atoms with Crippen LogP contribution in [0.5, 0.6) is 0 Å². The molecular formula is C10H14FNO. The van der Waals surface area contributed by atoms with Crippen LogP contribution in [0.3, 0.4) is 0 Å². The lowest BCUT2D eigenvalue weighted by Gasteiger charge is -2.22. The van der Waals surface area contributed by atoms with Gasteiger partial charge in [-0.1, -0.05) is 12.1 Å². The number of nitrogens with two attached hydrogens (primary N) is 1. The van der Waals surface area contributed by atoms with Gasteiger partial charge in [0, 0.05) is 0 Å². The molecule has 0 spiro atoms. The third-order valence-electron chi connectivity index (χ3n) is 2.15. The van der Waals surface area contributed by atoms with E-state index in [0.717, 1.165) is 5.56 Å². The van der Waals surface area contributed by atoms with Gasteiger partial charge in [0.15, 0.2) is 0 Å². The highest BCUT2D eigenvalue weighted by atomic mass is 19.1. The molecule has 3 heteroatoms. The molecule has 0 bridgehead atoms. The van der Waals surface area contributed by atoms with Gasteiger partial charge in [-0.25, -0.2) is 4.39 Å². The van der Waals surface area contributed by atoms with E-state index in [2.05, 4.69) is 0 Å². The zero-order valence-corrected chi connectivity index (χ0v) is 7.84. The Morgan fingerprint density at radius 1 is 1.54 bits per heavy atom. The first-order chi connectivity index (χ1) is 5.97. The summed E-state index contributed by atoms with van der Waals surface area (Å²) in [5.74, 6) is -0.252. The van der Waals surface area contributed by atoms with E-state index in [4.69, 9.17) is 10.8 Å². The second-order valence-electron chi connectivity index (χ2n) is 3.54. The van der Waals surface area contributed by atoms with Crippen molar-refractivity contribution >= 4 is 0 Å². The molecule has 0 heterocycles. The van der Waals surface area contributed by atoms with Gasteiger partial charge in [0.05, 0.1) is 12.1 Å². The Morgan fingerprint density at radius 3 is 2.62 bits per heavy atom. The fourth-order valence-corrected chi connectivity index (χ4v) is 1.09. The minimum Gasteiger partial charge on any atom is -0.394 e. The maximum absolute atomic E-state index is 12.9. The van der Waals surface area contributed by atoms with Crippen LogP contribution in [0.25, 0.3) is 0 Å². The van der Waals surface area contributed by atoms with E-state index in [1.165, 1.54) is 6.07 Å². The minimum absolute atomic E-state index is 0.155. The zero-order valence-electron chi connectivity index (χ0n) is 7.84. The summed E-state index contributed by atoms with van der Waals surface area (Å²) < 4.78 is 12.9. The van der Waals surface area contributed by atoms with Crippen molar-refractivity contribution in [1.82, 2.24) is 0 Å². The third-order valence-corrected chi connectivity index (χ3v) is 2.15. The summed E-state index contributed by atoms with van der Waals surface area (Å²) in [5, 5.41) is 8.99. The van der Waals surface area contributed by atoms with Gasteiger partial charge in [0.2, 0.25) is 0 Å². The lowest BCUT2D eigenvalue weighted by molar-refractivity contribution is 0.210. The van der Waals surface area contributed by atoms with Crippen LogP contribution < -0.4 is 5.73 Å². The predicted octanol–water partition coefficient (Wildman–Crippen LogP) is 1.30. The molecule has 0 aliphatic heterocycles. The Morgan fingerprint density at radius 2 is 2.15 bits per heavy atom. The molecule has 1 aromatic rings. The number of hydrogen-bond donors (Lipinski definition) is 2. The highest BCUT2D eigenvalue weighted by Crippen LogP contribution is 2.19. The first-order valence-electron chi connectivity index (χ1n) is 4.14. The number of hydrogen-bond acceptors (Lipinski definition) is 2. The van der Waals surface area contributed by atoms with Crippen molar-refractivity contribution in [3.8, 4) is 0 Å². The fraction of sp³-hybridized carbons (Fsp3) is 0.400. The topological polar surface area (TPSA) is 46.2 Å². The van der Waals surface area contributed by atoms with Crippen molar-refractivity contribution in [1.29, 1.82) is 0 Å². The molecule has 1 rings (SSSR count). The molecule has 1 atom stereocenters. The zero-order chi connectivity index (χ0) is 10.1. The summed E-state index contributed by atoms with van der Waals surface area (Å²) in [4.78, 5) is 0. The van der Waals surface area contributed by atoms with Crippen LogP contribution >= 0.6 is 0 Å². The molecule has 2 nitrogen and oxygen atoms in total. The van der Waals surface area contributed by atoms with E-state index in [9.17, 15) is 4.39 Å². The van der Waals surface area contributed by atoms with E-state index >= 15 is 0 Å². The van der Waals surface area contributed by atoms with Crippen LogP contribution in [0.4, 0.5) is 4.39 Å². The highest BCUT2D eigenvalue weighted by Gasteiger charge is 2.20. The molecular weight excluding hydrogens is 169 g/mol. The molecule has 72 valence electrons. The van der Waals surface area contributed by atoms with Gasteiger partial charge in [0.25, 0.3) is 0 Å². The molecule has 0 fully saturated rings. The molecule has 0 aromatic heterocycles. The SMILES string of the molecule is Cc1cc(C(C)(N)CO)ccc1F. The molecule has 0 saturated heterocycles. The van der Waals surface area contributed by atoms with Gasteiger partial charge in [0.1, 0.15) is 5.82 Å². The fourth-order valence-electron chi connectivity index (χ4n) is 1.09. The van der Waals surface area contributed by atoms with E-state index in [1.54, 1.807) is 26.0 Å². The van der Waals surface area contributed by atoms with Crippen molar-refractivity contribution in [3.05, 3.63) is 35.1 Å². The van der Waals surface area contributed by atoms with E-state index in [-0.39, 0.29) is 12.4 Å². The van der Waals surface area contributed by atoms with Crippen LogP contribution in [0, 0.1) is 12.7 Å². The Labute approximate surface area is 77.2 Å². The summed E-state index contributed by atoms with van der Waals surface area (Å²) in [6.07, 6.45) is 0. The Balaban J connectivity index is 3.10. The number of aliphatic hydroxyl groups excluding tert-OH is 1. The lowest BCUT2D eigenvalue weighted by atomic mass is 9.93. The molecule has 0 saturated carbocycles. The Kier molecular flexibility index (Phi) is 2.68. The number of aryl methyl sites for hydroxylation is 1. The van der Waals surface area contributed by atoms with Crippen LogP contribution in [-0.2, 0) is 5.54 Å². The number of aliphatic hydroxyl groups is 1. The largest absolute Gasteiger partial charge is 0.394 e. The molecule has 1 unspecified atom stereocenters. The summed E-state index contributed by atoms with van der Waals surface area (Å²) in [6.45, 7) is 3.23. The standard InChI is InChI=1S/C10H14FNO/c1-7-5-8(3-4-9(7)11)10(2,12)6-13/h3-5,13H,6,12H2,1-2H3. The van der Waals surface area contributed by atoms with Gasteiger partial charge in [-0.3, -0.25) is 0 Å². The Hall–Kier alpha value is -0.930. The predicted molar refractivity (Wildman–Crippen MR) is 49.8 cm³/mol. The average Bonchev–Trinajstić information content (AvgIpc) is 2.09. The second kappa shape index (κ2) is 3.44. The van der Waals surface area contributed by atoms with Crippen molar-refractivity contribution in [2.75, 3.05) is 6.61 Å². The van der Waals surface area contributed by atoms with Gasteiger partial charge in [-0.2, -0.15) is 0 Å². The molecule has 0 aliphatic carbocycles. The van der Waals surface area contributed by atoms with Crippen LogP contribution in [0.1, 0.15) is 18.1 Å². The van der Waals surface area contributed by atoms with Gasteiger partial charge < -0.3 is 10.8 Å². The van der Waals surface area contributed by atoms with Crippen molar-refractivity contribution in [3.63, 3.8) is 0 Å². The maximum Gasteiger partial charge on any atom is 0.126 e. The van der Waals surface area contributed by atoms with Crippen molar-refractivity contribution < 1.29 is 9.50 Å². The number of benzene rings is 1. The average molecular weight is 183 g/mol. The first-order valence-corrected chi connectivity index (χ1v) is 4.14. The summed E-state index contributed by atoms with van der Waals surface area (Å²) in [6, 6.07) is 4.62. The van der Waals surface area contributed by atoms with Crippen molar-refractivity contribution in [2.45, 2.75) is 19.4 Å². The second-order valence-corrected chi connectivity index (χ2v) is 3.54. The molecule has 3 N–H and O–H groups in total. The van der Waals surface area contributed by atoms with E-state index < -0.39 is 5.54 Å². The normalized spacial score (nSPS) is 15.5. The summed E-state index contributed by atoms with van der Waals surface area (Å²) in [5.41, 5.74) is 6.28. The smallest absolute Gasteiger partial charge is 0.126 e. The van der Waals surface area contributed by atoms with Gasteiger partial charge >= 0.3 is 0 Å². The maximum atomic E-state index is 12.9. The van der Waals surface area contributed by atoms with Gasteiger partial charge in [-0.05, 0) is 31.0 Å². The highest BCUT2D eigenvalue weighted by molar-refractivity contribution is 5.29. The third kappa shape index (κ3) is 2.05. The van der Waals surface area contributed by atoms with E-state index in [0.29, 0.717) is 5.56 Å². The summed E-state index contributed by atoms with van der Waals surface area (Å²) >= 11 is 0. The quantitative estimate of drug-likeness (QED) is 0.726. The monoisotopic (exact) mass is 183 g/mol. The molecule has 0 amide bonds. The van der Waals surface area contributed by atoms with Crippen molar-refractivity contribution in [2.24, 2.45) is 5.73 Å². The number of rotatable bonds is 2. The first kappa shape index (κ1) is 10.2. The molecule has 0 aliphatic rings. The molecule has 0 radical (unpaired) electrons. The minimum atomic E-state index is -0.793. The van der Waals surface area contributed by atoms with Crippen LogP contribution in [0.2, 0.25) is 0 Å². The van der Waals surface area contributed by atoms with Crippen LogP contribution in [0.15, 0.2) is 18.2 Å². The molecule has 1 aromatic carbocycles.